The number of aryl methyl sites for hydroxylation is 2. The van der Waals surface area contributed by atoms with Crippen molar-refractivity contribution in [1.29, 1.82) is 0 Å². The fourth-order valence-corrected chi connectivity index (χ4v) is 17.6. The van der Waals surface area contributed by atoms with Crippen LogP contribution in [0.3, 0.4) is 0 Å². The molecule has 0 atom stereocenters. The number of rotatable bonds is 0. The normalized spacial score (nSPS) is 13.6. The Hall–Kier alpha value is -12.6. The Kier molecular flexibility index (Phi) is 10.7. The van der Waals surface area contributed by atoms with Crippen LogP contribution in [-0.2, 0) is 46.7 Å². The van der Waals surface area contributed by atoms with Crippen molar-refractivity contribution in [3.63, 3.8) is 0 Å². The number of aromatic nitrogens is 23. The van der Waals surface area contributed by atoms with Gasteiger partial charge < -0.3 is 9.13 Å². The second-order valence-electron chi connectivity index (χ2n) is 24.5. The van der Waals surface area contributed by atoms with Crippen LogP contribution in [0.25, 0.3) is 132 Å². The van der Waals surface area contributed by atoms with Crippen LogP contribution in [0.15, 0.2) is 222 Å². The van der Waals surface area contributed by atoms with E-state index < -0.39 is 6.98 Å². The summed E-state index contributed by atoms with van der Waals surface area (Å²) in [7, 11) is 2.09. The van der Waals surface area contributed by atoms with Crippen molar-refractivity contribution < 1.29 is 26.6 Å². The number of hydrogen-bond acceptors (Lipinski definition) is 12. The Bertz CT molecular complexity index is 6820. The highest BCUT2D eigenvalue weighted by Gasteiger charge is 2.38. The summed E-state index contributed by atoms with van der Waals surface area (Å²) in [6, 6.07) is 26.2. The molecule has 0 aromatic carbocycles. The van der Waals surface area contributed by atoms with Crippen LogP contribution in [-0.4, -0.2) is 85.9 Å². The lowest BCUT2D eigenvalue weighted by Gasteiger charge is -1.93. The summed E-state index contributed by atoms with van der Waals surface area (Å²) in [5.74, 6) is 2.34. The quantitative estimate of drug-likeness (QED) is 0.133. The topological polar surface area (TPSA) is 186 Å². The molecule has 25 heteroatoms. The van der Waals surface area contributed by atoms with Gasteiger partial charge in [0.25, 0.3) is 38.2 Å². The molecule has 5 aliphatic rings. The van der Waals surface area contributed by atoms with Gasteiger partial charge in [-0.3, -0.25) is 33.9 Å². The lowest BCUT2D eigenvalue weighted by molar-refractivity contribution is -0.670. The summed E-state index contributed by atoms with van der Waals surface area (Å²) >= 11 is 3.35. The van der Waals surface area contributed by atoms with Crippen molar-refractivity contribution >= 4 is 99.3 Å². The smallest absolute Gasteiger partial charge is 0.315 e. The van der Waals surface area contributed by atoms with Crippen LogP contribution in [0.5, 0.6) is 0 Å². The van der Waals surface area contributed by atoms with Crippen LogP contribution in [0.2, 0.25) is 0 Å². The van der Waals surface area contributed by atoms with E-state index in [1.807, 2.05) is 151 Å². The standard InChI is InChI=1S/2C15H11N4S.3C14H10N5/c2*1-18-13-11(3-2-5-17-13)12-15(18)20-14-10-4-6-16-7-9(10)8-19(12)14;1-3-16-12-8-19-13(18(12)5-1)9-17-7-10-6-15-4-2-11(10)14(17)19;1-3-16-13-9-17-8-12-11-2-4-15-6-10(11)7-19(12)14(17)18(13)5-1;1-2-11-8-18-9-17-7-10-6-15-5-3-12(10)13(17)14(18)19(11)16-4-1/h2*2-7H,8H2,1H3;3*1-6,8-9H,7H2/q5*+1/i1D3;;;;. The van der Waals surface area contributed by atoms with Crippen molar-refractivity contribution in [2.24, 2.45) is 14.0 Å². The maximum Gasteiger partial charge on any atom is 0.376 e. The summed E-state index contributed by atoms with van der Waals surface area (Å²) in [6.45, 7) is 2.02. The minimum absolute atomic E-state index is 0.512. The van der Waals surface area contributed by atoms with Gasteiger partial charge in [0, 0.05) is 150 Å². The Morgan fingerprint density at radius 3 is 1.81 bits per heavy atom. The minimum atomic E-state index is -2.26. The fourth-order valence-electron chi connectivity index (χ4n) is 15.0. The highest BCUT2D eigenvalue weighted by atomic mass is 32.1. The summed E-state index contributed by atoms with van der Waals surface area (Å²) in [4.78, 5) is 40.7. The third-order valence-corrected chi connectivity index (χ3v) is 21.7. The number of nitrogens with zero attached hydrogens (tertiary/aromatic N) is 23. The molecule has 462 valence electrons. The molecule has 0 aliphatic carbocycles. The van der Waals surface area contributed by atoms with Gasteiger partial charge in [-0.2, -0.15) is 17.9 Å². The zero-order valence-electron chi connectivity index (χ0n) is 54.4. The number of pyridine rings is 7. The van der Waals surface area contributed by atoms with Crippen molar-refractivity contribution in [3.8, 4) is 55.0 Å². The highest BCUT2D eigenvalue weighted by molar-refractivity contribution is 7.21. The van der Waals surface area contributed by atoms with E-state index in [0.29, 0.717) is 12.2 Å². The van der Waals surface area contributed by atoms with Crippen LogP contribution in [0.1, 0.15) is 31.9 Å². The summed E-state index contributed by atoms with van der Waals surface area (Å²) in [5, 5.41) is 8.97. The number of thiazole rings is 2. The second-order valence-corrected chi connectivity index (χ2v) is 26.4. The zero-order valence-corrected chi connectivity index (χ0v) is 53.1. The lowest BCUT2D eigenvalue weighted by Crippen LogP contribution is -2.30. The lowest BCUT2D eigenvalue weighted by atomic mass is 10.1. The molecule has 0 bridgehead atoms. The average Bonchev–Trinajstić information content (AvgIpc) is 1.58. The van der Waals surface area contributed by atoms with Gasteiger partial charge in [0.1, 0.15) is 48.3 Å². The molecule has 23 nitrogen and oxygen atoms in total. The number of hydrogen-bond donors (Lipinski definition) is 0. The van der Waals surface area contributed by atoms with Crippen LogP contribution >= 0.6 is 22.7 Å². The van der Waals surface area contributed by atoms with Gasteiger partial charge in [-0.25, -0.2) is 37.9 Å². The van der Waals surface area contributed by atoms with Gasteiger partial charge in [0.05, 0.1) is 52.9 Å². The first-order chi connectivity index (χ1) is 49.1. The van der Waals surface area contributed by atoms with Gasteiger partial charge in [0.15, 0.2) is 52.1 Å². The minimum Gasteiger partial charge on any atom is -0.315 e. The molecular formula is C72H52N23S2+5. The molecule has 20 aromatic rings. The molecule has 25 rings (SSSR count). The van der Waals surface area contributed by atoms with E-state index in [1.54, 1.807) is 12.4 Å². The van der Waals surface area contributed by atoms with E-state index in [4.69, 9.17) is 4.11 Å². The van der Waals surface area contributed by atoms with Crippen LogP contribution in [0.4, 0.5) is 0 Å². The largest absolute Gasteiger partial charge is 0.376 e. The molecule has 20 aromatic heterocycles. The van der Waals surface area contributed by atoms with E-state index in [0.717, 1.165) is 92.0 Å². The fraction of sp³-hybridized carbons (Fsp3) is 0.0972. The number of fused-ring (bicyclic) bond motifs is 35. The Morgan fingerprint density at radius 2 is 1.10 bits per heavy atom. The predicted octanol–water partition coefficient (Wildman–Crippen LogP) is 8.89. The third-order valence-electron chi connectivity index (χ3n) is 19.2. The zero-order chi connectivity index (χ0) is 66.2. The summed E-state index contributed by atoms with van der Waals surface area (Å²) < 4.78 is 51.4. The van der Waals surface area contributed by atoms with Crippen molar-refractivity contribution in [2.45, 2.75) is 32.7 Å². The number of imidazole rings is 6. The van der Waals surface area contributed by atoms with Crippen molar-refractivity contribution in [3.05, 3.63) is 249 Å². The first-order valence-electron chi connectivity index (χ1n) is 33.0. The van der Waals surface area contributed by atoms with E-state index >= 15 is 0 Å². The molecule has 0 saturated heterocycles. The maximum atomic E-state index is 7.90. The first kappa shape index (κ1) is 50.9. The Balaban J connectivity index is 0.0000000820. The van der Waals surface area contributed by atoms with E-state index in [2.05, 4.69) is 180 Å². The summed E-state index contributed by atoms with van der Waals surface area (Å²) in [6.07, 6.45) is 44.6. The SMILES string of the molecule is Cn1c2ncccc2c2c1sc1[n+]2Cc2cnccc2-1.[2H]C([2H])([2H])n1c2ncccc2c2c1sc1[n+]2Cc2cnccc2-1.c1cnc2c[n+]3cc4n(c3n2c1)Cc1cnccc1-4.c1cnc2cn3c4[n+](cc3n2c1)Cc1cnccc1-4.c1cnn2c(c1)c[n+]1cn3c(c21)-c1ccncc1C3. The molecule has 0 saturated carbocycles. The first-order valence-corrected chi connectivity index (χ1v) is 33.1. The summed E-state index contributed by atoms with van der Waals surface area (Å²) in [5.41, 5.74) is 24.1. The van der Waals surface area contributed by atoms with E-state index in [-0.39, 0.29) is 0 Å². The molecule has 0 N–H and O–H groups in total. The molecule has 97 heavy (non-hydrogen) atoms. The molecule has 0 spiro atoms. The highest BCUT2D eigenvalue weighted by Crippen LogP contribution is 2.41. The second kappa shape index (κ2) is 20.4. The Labute approximate surface area is 560 Å². The van der Waals surface area contributed by atoms with E-state index in [9.17, 15) is 0 Å². The van der Waals surface area contributed by atoms with Gasteiger partial charge >= 0.3 is 5.78 Å². The van der Waals surface area contributed by atoms with Crippen LogP contribution < -0.4 is 22.5 Å². The molecule has 0 amide bonds. The third kappa shape index (κ3) is 7.84. The molecular weight excluding hydrogens is 1250 g/mol. The molecule has 25 heterocycles. The predicted molar refractivity (Wildman–Crippen MR) is 363 cm³/mol. The molecule has 0 unspecified atom stereocenters. The Morgan fingerprint density at radius 1 is 0.505 bits per heavy atom. The molecule has 0 fully saturated rings. The van der Waals surface area contributed by atoms with E-state index in [1.165, 1.54) is 104 Å². The van der Waals surface area contributed by atoms with Gasteiger partial charge in [-0.1, -0.05) is 0 Å². The monoisotopic (exact) mass is 1310 g/mol. The maximum absolute atomic E-state index is 7.90. The molecule has 0 radical (unpaired) electrons. The van der Waals surface area contributed by atoms with Gasteiger partial charge in [-0.15, -0.1) is 9.61 Å². The van der Waals surface area contributed by atoms with Crippen molar-refractivity contribution in [1.82, 2.24) is 85.9 Å². The van der Waals surface area contributed by atoms with Gasteiger partial charge in [0.2, 0.25) is 5.65 Å². The van der Waals surface area contributed by atoms with Crippen molar-refractivity contribution in [2.75, 3.05) is 0 Å². The van der Waals surface area contributed by atoms with Crippen LogP contribution in [0, 0.1) is 0 Å². The van der Waals surface area contributed by atoms with Gasteiger partial charge in [-0.05, 0) is 102 Å². The molecule has 5 aliphatic heterocycles. The average molecular weight is 1310 g/mol.